The van der Waals surface area contributed by atoms with Gasteiger partial charge < -0.3 is 15.2 Å². The number of amides is 1. The van der Waals surface area contributed by atoms with E-state index in [-0.39, 0.29) is 24.7 Å². The van der Waals surface area contributed by atoms with Crippen LogP contribution >= 0.6 is 0 Å². The van der Waals surface area contributed by atoms with Crippen molar-refractivity contribution in [3.8, 4) is 0 Å². The molecule has 17 heavy (non-hydrogen) atoms. The Hall–Kier alpha value is -1.40. The highest BCUT2D eigenvalue weighted by molar-refractivity contribution is 5.93. The van der Waals surface area contributed by atoms with Gasteiger partial charge in [0.25, 0.3) is 5.91 Å². The summed E-state index contributed by atoms with van der Waals surface area (Å²) in [7, 11) is 1.72. The molecule has 2 heterocycles. The molecule has 2 rings (SSSR count). The summed E-state index contributed by atoms with van der Waals surface area (Å²) in [5.74, 6) is 0.420. The lowest BCUT2D eigenvalue weighted by atomic mass is 10.2. The quantitative estimate of drug-likeness (QED) is 0.801. The fraction of sp³-hybridized carbons (Fsp3) is 0.636. The zero-order chi connectivity index (χ0) is 12.4. The van der Waals surface area contributed by atoms with Gasteiger partial charge in [0.1, 0.15) is 11.9 Å². The van der Waals surface area contributed by atoms with Gasteiger partial charge in [-0.15, -0.1) is 0 Å². The molecule has 1 amide bonds. The second kappa shape index (κ2) is 4.85. The summed E-state index contributed by atoms with van der Waals surface area (Å²) in [4.78, 5) is 11.9. The van der Waals surface area contributed by atoms with Gasteiger partial charge in [0.15, 0.2) is 0 Å². The molecule has 6 heteroatoms. The lowest BCUT2D eigenvalue weighted by Crippen LogP contribution is -2.28. The molecule has 1 aromatic rings. The van der Waals surface area contributed by atoms with Crippen LogP contribution in [0.5, 0.6) is 0 Å². The van der Waals surface area contributed by atoms with Crippen molar-refractivity contribution < 1.29 is 14.6 Å². The van der Waals surface area contributed by atoms with E-state index in [1.165, 1.54) is 4.68 Å². The van der Waals surface area contributed by atoms with Gasteiger partial charge in [0.05, 0.1) is 18.4 Å². The van der Waals surface area contributed by atoms with Gasteiger partial charge in [0.2, 0.25) is 0 Å². The number of carbonyl (C=O) groups excluding carboxylic acids is 1. The summed E-state index contributed by atoms with van der Waals surface area (Å²) in [6, 6.07) is 1.65. The van der Waals surface area contributed by atoms with E-state index in [4.69, 9.17) is 9.84 Å². The van der Waals surface area contributed by atoms with Crippen LogP contribution in [0.3, 0.4) is 0 Å². The van der Waals surface area contributed by atoms with Crippen LogP contribution in [-0.4, -0.2) is 33.0 Å². The number of rotatable bonds is 3. The smallest absolute Gasteiger partial charge is 0.254 e. The van der Waals surface area contributed by atoms with E-state index in [9.17, 15) is 4.79 Å². The molecule has 1 saturated heterocycles. The Kier molecular flexibility index (Phi) is 3.44. The van der Waals surface area contributed by atoms with Gasteiger partial charge in [-0.2, -0.15) is 5.10 Å². The maximum Gasteiger partial charge on any atom is 0.254 e. The van der Waals surface area contributed by atoms with Crippen molar-refractivity contribution in [1.82, 2.24) is 9.78 Å². The zero-order valence-electron chi connectivity index (χ0n) is 10.0. The van der Waals surface area contributed by atoms with Crippen molar-refractivity contribution in [3.05, 3.63) is 11.8 Å². The Bertz CT molecular complexity index is 416. The minimum atomic E-state index is -0.377. The topological polar surface area (TPSA) is 76.4 Å². The Labute approximate surface area is 99.6 Å². The van der Waals surface area contributed by atoms with Gasteiger partial charge in [-0.25, -0.2) is 0 Å². The number of aromatic nitrogens is 2. The van der Waals surface area contributed by atoms with Crippen molar-refractivity contribution in [2.45, 2.75) is 38.6 Å². The van der Waals surface area contributed by atoms with E-state index in [0.29, 0.717) is 11.5 Å². The highest BCUT2D eigenvalue weighted by Crippen LogP contribution is 2.20. The van der Waals surface area contributed by atoms with Crippen LogP contribution in [0, 0.1) is 0 Å². The summed E-state index contributed by atoms with van der Waals surface area (Å²) in [6.45, 7) is 1.82. The summed E-state index contributed by atoms with van der Waals surface area (Å²) in [5, 5.41) is 15.7. The van der Waals surface area contributed by atoms with E-state index >= 15 is 0 Å². The first kappa shape index (κ1) is 12.1. The van der Waals surface area contributed by atoms with E-state index < -0.39 is 0 Å². The van der Waals surface area contributed by atoms with Crippen LogP contribution < -0.4 is 5.32 Å². The van der Waals surface area contributed by atoms with Crippen LogP contribution in [0.2, 0.25) is 0 Å². The number of carbonyl (C=O) groups is 1. The summed E-state index contributed by atoms with van der Waals surface area (Å²) in [5.41, 5.74) is 0.531. The molecule has 2 unspecified atom stereocenters. The van der Waals surface area contributed by atoms with Gasteiger partial charge >= 0.3 is 0 Å². The summed E-state index contributed by atoms with van der Waals surface area (Å²) < 4.78 is 7.01. The van der Waals surface area contributed by atoms with Crippen molar-refractivity contribution in [2.75, 3.05) is 5.32 Å². The number of hydrogen-bond donors (Lipinski definition) is 2. The van der Waals surface area contributed by atoms with Gasteiger partial charge in [-0.1, -0.05) is 0 Å². The number of aliphatic hydroxyl groups is 1. The van der Waals surface area contributed by atoms with Crippen molar-refractivity contribution in [1.29, 1.82) is 0 Å². The Morgan fingerprint density at radius 2 is 2.47 bits per heavy atom. The molecule has 0 bridgehead atoms. The van der Waals surface area contributed by atoms with Gasteiger partial charge in [0, 0.05) is 13.1 Å². The van der Waals surface area contributed by atoms with E-state index in [0.717, 1.165) is 12.8 Å². The number of ether oxygens (including phenoxy) is 1. The highest BCUT2D eigenvalue weighted by atomic mass is 16.5. The fourth-order valence-electron chi connectivity index (χ4n) is 1.92. The van der Waals surface area contributed by atoms with Gasteiger partial charge in [-0.05, 0) is 19.8 Å². The minimum Gasteiger partial charge on any atom is -0.390 e. The SMILES string of the molecule is CC1CCC(C(=O)Nc2cc(CO)nn2C)O1. The van der Waals surface area contributed by atoms with E-state index in [1.807, 2.05) is 6.92 Å². The first-order chi connectivity index (χ1) is 8.10. The molecule has 0 spiro atoms. The van der Waals surface area contributed by atoms with Crippen LogP contribution in [0.15, 0.2) is 6.07 Å². The molecule has 0 saturated carbocycles. The second-order valence-corrected chi connectivity index (χ2v) is 4.30. The van der Waals surface area contributed by atoms with Crippen LogP contribution in [0.25, 0.3) is 0 Å². The molecular weight excluding hydrogens is 222 g/mol. The zero-order valence-corrected chi connectivity index (χ0v) is 10.0. The Morgan fingerprint density at radius 1 is 1.71 bits per heavy atom. The Morgan fingerprint density at radius 3 is 3.00 bits per heavy atom. The van der Waals surface area contributed by atoms with Crippen molar-refractivity contribution in [2.24, 2.45) is 7.05 Å². The monoisotopic (exact) mass is 239 g/mol. The first-order valence-corrected chi connectivity index (χ1v) is 5.70. The number of aliphatic hydroxyl groups excluding tert-OH is 1. The first-order valence-electron chi connectivity index (χ1n) is 5.70. The fourth-order valence-corrected chi connectivity index (χ4v) is 1.92. The highest BCUT2D eigenvalue weighted by Gasteiger charge is 2.28. The van der Waals surface area contributed by atoms with Crippen molar-refractivity contribution in [3.63, 3.8) is 0 Å². The molecule has 0 radical (unpaired) electrons. The molecule has 2 N–H and O–H groups in total. The van der Waals surface area contributed by atoms with Crippen LogP contribution in [-0.2, 0) is 23.2 Å². The molecule has 0 aromatic carbocycles. The predicted molar refractivity (Wildman–Crippen MR) is 61.3 cm³/mol. The molecule has 94 valence electrons. The summed E-state index contributed by atoms with van der Waals surface area (Å²) in [6.07, 6.45) is 1.42. The standard InChI is InChI=1S/C11H17N3O3/c1-7-3-4-9(17-7)11(16)12-10-5-8(6-15)13-14(10)2/h5,7,9,15H,3-4,6H2,1-2H3,(H,12,16). The minimum absolute atomic E-state index is 0.138. The van der Waals surface area contributed by atoms with E-state index in [1.54, 1.807) is 13.1 Å². The van der Waals surface area contributed by atoms with Crippen LogP contribution in [0.1, 0.15) is 25.5 Å². The molecule has 1 aromatic heterocycles. The molecule has 6 nitrogen and oxygen atoms in total. The third kappa shape index (κ3) is 2.65. The molecular formula is C11H17N3O3. The summed E-state index contributed by atoms with van der Waals surface area (Å²) >= 11 is 0. The number of anilines is 1. The number of aryl methyl sites for hydroxylation is 1. The molecule has 1 aliphatic rings. The lowest BCUT2D eigenvalue weighted by Gasteiger charge is -2.11. The second-order valence-electron chi connectivity index (χ2n) is 4.30. The van der Waals surface area contributed by atoms with Gasteiger partial charge in [-0.3, -0.25) is 9.48 Å². The van der Waals surface area contributed by atoms with Crippen LogP contribution in [0.4, 0.5) is 5.82 Å². The van der Waals surface area contributed by atoms with E-state index in [2.05, 4.69) is 10.4 Å². The molecule has 0 aliphatic carbocycles. The third-order valence-electron chi connectivity index (χ3n) is 2.87. The largest absolute Gasteiger partial charge is 0.390 e. The maximum absolute atomic E-state index is 11.9. The number of hydrogen-bond acceptors (Lipinski definition) is 4. The normalized spacial score (nSPS) is 23.9. The maximum atomic E-state index is 11.9. The average Bonchev–Trinajstić information content (AvgIpc) is 2.86. The molecule has 1 aliphatic heterocycles. The number of nitrogens with one attached hydrogen (secondary N) is 1. The molecule has 2 atom stereocenters. The molecule has 1 fully saturated rings. The lowest BCUT2D eigenvalue weighted by molar-refractivity contribution is -0.126. The number of nitrogens with zero attached hydrogens (tertiary/aromatic N) is 2. The average molecular weight is 239 g/mol. The Balaban J connectivity index is 2.00. The third-order valence-corrected chi connectivity index (χ3v) is 2.87. The predicted octanol–water partition coefficient (Wildman–Crippen LogP) is 0.418. The van der Waals surface area contributed by atoms with Crippen molar-refractivity contribution >= 4 is 11.7 Å².